The van der Waals surface area contributed by atoms with Crippen LogP contribution in [0.1, 0.15) is 42.9 Å². The molecule has 2 heterocycles. The quantitative estimate of drug-likeness (QED) is 0.928. The van der Waals surface area contributed by atoms with Crippen molar-refractivity contribution in [2.75, 3.05) is 6.54 Å². The first-order valence-electron chi connectivity index (χ1n) is 7.51. The Morgan fingerprint density at radius 3 is 2.90 bits per heavy atom. The van der Waals surface area contributed by atoms with E-state index >= 15 is 0 Å². The molecule has 0 spiro atoms. The van der Waals surface area contributed by atoms with Gasteiger partial charge in [-0.25, -0.2) is 9.97 Å². The molecule has 0 amide bonds. The second kappa shape index (κ2) is 6.18. The number of hydrogen-bond acceptors (Lipinski definition) is 4. The van der Waals surface area contributed by atoms with Gasteiger partial charge < -0.3 is 9.88 Å². The minimum Gasteiger partial charge on any atom is -0.310 e. The molecule has 0 radical (unpaired) electrons. The highest BCUT2D eigenvalue weighted by Crippen LogP contribution is 2.28. The van der Waals surface area contributed by atoms with Gasteiger partial charge in [0.05, 0.1) is 6.54 Å². The minimum absolute atomic E-state index is 0.0263. The van der Waals surface area contributed by atoms with Gasteiger partial charge in [0.2, 0.25) is 0 Å². The monoisotopic (exact) mass is 284 g/mol. The molecule has 0 bridgehead atoms. The fourth-order valence-corrected chi connectivity index (χ4v) is 3.05. The van der Waals surface area contributed by atoms with Crippen LogP contribution in [-0.2, 0) is 13.0 Å². The number of aromatic nitrogens is 3. The van der Waals surface area contributed by atoms with Gasteiger partial charge in [0.1, 0.15) is 5.82 Å². The Morgan fingerprint density at radius 2 is 2.14 bits per heavy atom. The second-order valence-electron chi connectivity index (χ2n) is 5.33. The Kier molecular flexibility index (Phi) is 4.10. The first-order chi connectivity index (χ1) is 10.3. The van der Waals surface area contributed by atoms with Crippen LogP contribution in [0.25, 0.3) is 0 Å². The molecule has 3 rings (SSSR count). The van der Waals surface area contributed by atoms with Gasteiger partial charge in [-0.05, 0) is 37.4 Å². The SMILES string of the molecule is CCNC1CCCc2c1ccc(=O)n2Cc1ncccn1. The van der Waals surface area contributed by atoms with Crippen molar-refractivity contribution in [3.05, 3.63) is 58.0 Å². The van der Waals surface area contributed by atoms with Crippen LogP contribution in [0, 0.1) is 0 Å². The van der Waals surface area contributed by atoms with Crippen molar-refractivity contribution in [3.8, 4) is 0 Å². The third-order valence-corrected chi connectivity index (χ3v) is 3.98. The number of pyridine rings is 1. The summed E-state index contributed by atoms with van der Waals surface area (Å²) in [6, 6.07) is 5.78. The Morgan fingerprint density at radius 1 is 1.33 bits per heavy atom. The van der Waals surface area contributed by atoms with Crippen molar-refractivity contribution in [3.63, 3.8) is 0 Å². The van der Waals surface area contributed by atoms with E-state index in [-0.39, 0.29) is 5.56 Å². The maximum absolute atomic E-state index is 12.2. The first kappa shape index (κ1) is 13.9. The lowest BCUT2D eigenvalue weighted by atomic mass is 9.91. The van der Waals surface area contributed by atoms with E-state index in [0.29, 0.717) is 18.4 Å². The molecule has 0 saturated heterocycles. The maximum atomic E-state index is 12.2. The molecule has 2 aromatic rings. The number of fused-ring (bicyclic) bond motifs is 1. The summed E-state index contributed by atoms with van der Waals surface area (Å²) in [5.74, 6) is 0.679. The molecule has 0 saturated carbocycles. The number of nitrogens with zero attached hydrogens (tertiary/aromatic N) is 3. The van der Waals surface area contributed by atoms with E-state index in [2.05, 4.69) is 22.2 Å². The Bertz CT molecular complexity index is 666. The molecule has 1 N–H and O–H groups in total. The van der Waals surface area contributed by atoms with Crippen LogP contribution in [0.3, 0.4) is 0 Å². The van der Waals surface area contributed by atoms with Crippen molar-refractivity contribution in [1.29, 1.82) is 0 Å². The summed E-state index contributed by atoms with van der Waals surface area (Å²) in [4.78, 5) is 20.7. The van der Waals surface area contributed by atoms with Gasteiger partial charge in [-0.2, -0.15) is 0 Å². The highest BCUT2D eigenvalue weighted by Gasteiger charge is 2.22. The van der Waals surface area contributed by atoms with E-state index in [4.69, 9.17) is 0 Å². The Balaban J connectivity index is 2.00. The lowest BCUT2D eigenvalue weighted by Gasteiger charge is -2.28. The molecule has 0 aliphatic heterocycles. The largest absolute Gasteiger partial charge is 0.310 e. The van der Waals surface area contributed by atoms with E-state index in [0.717, 1.165) is 31.5 Å². The molecule has 1 unspecified atom stereocenters. The zero-order chi connectivity index (χ0) is 14.7. The Hall–Kier alpha value is -2.01. The molecule has 5 heteroatoms. The average molecular weight is 284 g/mol. The normalized spacial score (nSPS) is 17.5. The summed E-state index contributed by atoms with van der Waals surface area (Å²) in [7, 11) is 0. The highest BCUT2D eigenvalue weighted by molar-refractivity contribution is 5.28. The van der Waals surface area contributed by atoms with Crippen molar-refractivity contribution >= 4 is 0 Å². The van der Waals surface area contributed by atoms with Crippen molar-refractivity contribution < 1.29 is 0 Å². The molecule has 1 aliphatic carbocycles. The maximum Gasteiger partial charge on any atom is 0.251 e. The zero-order valence-corrected chi connectivity index (χ0v) is 12.2. The highest BCUT2D eigenvalue weighted by atomic mass is 16.1. The van der Waals surface area contributed by atoms with E-state index in [1.807, 2.05) is 10.6 Å². The molecule has 1 atom stereocenters. The minimum atomic E-state index is 0.0263. The summed E-state index contributed by atoms with van der Waals surface area (Å²) in [5.41, 5.74) is 2.41. The van der Waals surface area contributed by atoms with Crippen LogP contribution in [0.5, 0.6) is 0 Å². The third-order valence-electron chi connectivity index (χ3n) is 3.98. The van der Waals surface area contributed by atoms with Gasteiger partial charge in [0, 0.05) is 30.2 Å². The molecular formula is C16H20N4O. The lowest BCUT2D eigenvalue weighted by Crippen LogP contribution is -2.32. The van der Waals surface area contributed by atoms with Crippen LogP contribution in [0.2, 0.25) is 0 Å². The first-order valence-corrected chi connectivity index (χ1v) is 7.51. The van der Waals surface area contributed by atoms with Crippen molar-refractivity contribution in [2.45, 2.75) is 38.8 Å². The summed E-state index contributed by atoms with van der Waals surface area (Å²) >= 11 is 0. The second-order valence-corrected chi connectivity index (χ2v) is 5.33. The van der Waals surface area contributed by atoms with Crippen LogP contribution in [0.4, 0.5) is 0 Å². The van der Waals surface area contributed by atoms with Crippen molar-refractivity contribution in [1.82, 2.24) is 19.9 Å². The van der Waals surface area contributed by atoms with Gasteiger partial charge in [-0.1, -0.05) is 13.0 Å². The van der Waals surface area contributed by atoms with E-state index in [9.17, 15) is 4.79 Å². The predicted molar refractivity (Wildman–Crippen MR) is 81.2 cm³/mol. The molecule has 2 aromatic heterocycles. The van der Waals surface area contributed by atoms with E-state index < -0.39 is 0 Å². The van der Waals surface area contributed by atoms with Crippen LogP contribution in [0.15, 0.2) is 35.4 Å². The van der Waals surface area contributed by atoms with E-state index in [1.165, 1.54) is 5.56 Å². The number of nitrogens with one attached hydrogen (secondary N) is 1. The molecule has 0 fully saturated rings. The molecular weight excluding hydrogens is 264 g/mol. The standard InChI is InChI=1S/C16H20N4O/c1-2-17-13-5-3-6-14-12(13)7-8-16(21)20(14)11-15-18-9-4-10-19-15/h4,7-10,13,17H,2-3,5-6,11H2,1H3. The summed E-state index contributed by atoms with van der Waals surface area (Å²) in [6.07, 6.45) is 6.60. The van der Waals surface area contributed by atoms with Gasteiger partial charge in [0.15, 0.2) is 0 Å². The smallest absolute Gasteiger partial charge is 0.251 e. The summed E-state index contributed by atoms with van der Waals surface area (Å²) < 4.78 is 1.83. The van der Waals surface area contributed by atoms with Gasteiger partial charge in [-0.15, -0.1) is 0 Å². The predicted octanol–water partition coefficient (Wildman–Crippen LogP) is 1.67. The molecule has 5 nitrogen and oxygen atoms in total. The topological polar surface area (TPSA) is 59.8 Å². The van der Waals surface area contributed by atoms with Crippen LogP contribution in [-0.4, -0.2) is 21.1 Å². The van der Waals surface area contributed by atoms with Gasteiger partial charge in [-0.3, -0.25) is 4.79 Å². The Labute approximate surface area is 124 Å². The molecule has 0 aromatic carbocycles. The van der Waals surface area contributed by atoms with Gasteiger partial charge in [0.25, 0.3) is 5.56 Å². The zero-order valence-electron chi connectivity index (χ0n) is 12.2. The average Bonchev–Trinajstić information content (AvgIpc) is 2.52. The van der Waals surface area contributed by atoms with Crippen LogP contribution >= 0.6 is 0 Å². The fourth-order valence-electron chi connectivity index (χ4n) is 3.05. The van der Waals surface area contributed by atoms with Crippen LogP contribution < -0.4 is 10.9 Å². The van der Waals surface area contributed by atoms with Gasteiger partial charge >= 0.3 is 0 Å². The fraction of sp³-hybridized carbons (Fsp3) is 0.438. The molecule has 110 valence electrons. The third kappa shape index (κ3) is 2.88. The number of rotatable bonds is 4. The summed E-state index contributed by atoms with van der Waals surface area (Å²) in [6.45, 7) is 3.49. The van der Waals surface area contributed by atoms with Crippen molar-refractivity contribution in [2.24, 2.45) is 0 Å². The molecule has 21 heavy (non-hydrogen) atoms. The van der Waals surface area contributed by atoms with E-state index in [1.54, 1.807) is 24.5 Å². The number of hydrogen-bond donors (Lipinski definition) is 1. The molecule has 1 aliphatic rings. The lowest BCUT2D eigenvalue weighted by molar-refractivity contribution is 0.452. The summed E-state index contributed by atoms with van der Waals surface area (Å²) in [5, 5.41) is 3.50.